The van der Waals surface area contributed by atoms with Gasteiger partial charge in [0, 0.05) is 18.3 Å². The van der Waals surface area contributed by atoms with Crippen LogP contribution in [0.4, 0.5) is 14.5 Å². The quantitative estimate of drug-likeness (QED) is 0.249. The minimum absolute atomic E-state index is 0. The number of benzene rings is 2. The highest BCUT2D eigenvalue weighted by Crippen LogP contribution is 2.31. The van der Waals surface area contributed by atoms with Crippen LogP contribution in [0.15, 0.2) is 41.4 Å². The fourth-order valence-corrected chi connectivity index (χ4v) is 2.64. The van der Waals surface area contributed by atoms with E-state index in [1.807, 2.05) is 13.0 Å². The zero-order chi connectivity index (χ0) is 21.9. The molecule has 31 heavy (non-hydrogen) atoms. The molecule has 0 aliphatic carbocycles. The van der Waals surface area contributed by atoms with Crippen LogP contribution < -0.4 is 29.6 Å². The average molecular weight is 551 g/mol. The molecule has 7 nitrogen and oxygen atoms in total. The van der Waals surface area contributed by atoms with E-state index in [4.69, 9.17) is 14.2 Å². The summed E-state index contributed by atoms with van der Waals surface area (Å²) in [6, 6.07) is 10.2. The van der Waals surface area contributed by atoms with E-state index in [2.05, 4.69) is 20.4 Å². The predicted octanol–water partition coefficient (Wildman–Crippen LogP) is 4.90. The van der Waals surface area contributed by atoms with Crippen LogP contribution in [0, 0.1) is 0 Å². The summed E-state index contributed by atoms with van der Waals surface area (Å²) in [4.78, 5) is 4.55. The van der Waals surface area contributed by atoms with E-state index in [0.717, 1.165) is 11.3 Å². The Morgan fingerprint density at radius 3 is 2.29 bits per heavy atom. The Hall–Kier alpha value is -2.50. The average Bonchev–Trinajstić information content (AvgIpc) is 2.73. The second kappa shape index (κ2) is 13.7. The molecule has 10 heteroatoms. The van der Waals surface area contributed by atoms with Crippen molar-refractivity contribution >= 4 is 35.6 Å². The normalized spacial score (nSPS) is 10.9. The highest BCUT2D eigenvalue weighted by atomic mass is 127. The highest BCUT2D eigenvalue weighted by molar-refractivity contribution is 14.0. The molecule has 0 saturated heterocycles. The molecule has 0 fully saturated rings. The van der Waals surface area contributed by atoms with Crippen molar-refractivity contribution in [2.75, 3.05) is 32.7 Å². The van der Waals surface area contributed by atoms with E-state index in [-0.39, 0.29) is 35.5 Å². The summed E-state index contributed by atoms with van der Waals surface area (Å²) in [5.41, 5.74) is 1.55. The molecule has 0 aromatic heterocycles. The van der Waals surface area contributed by atoms with Gasteiger partial charge in [0.05, 0.1) is 27.4 Å². The monoisotopic (exact) mass is 551 g/mol. The van der Waals surface area contributed by atoms with Gasteiger partial charge in [0.2, 0.25) is 0 Å². The lowest BCUT2D eigenvalue weighted by molar-refractivity contribution is -0.0514. The van der Waals surface area contributed by atoms with E-state index in [0.29, 0.717) is 37.2 Å². The number of nitrogens with one attached hydrogen (secondary N) is 2. The second-order valence-corrected chi connectivity index (χ2v) is 5.98. The molecular weight excluding hydrogens is 523 g/mol. The van der Waals surface area contributed by atoms with Crippen molar-refractivity contribution in [3.8, 4) is 23.0 Å². The van der Waals surface area contributed by atoms with Crippen molar-refractivity contribution in [3.05, 3.63) is 42.0 Å². The summed E-state index contributed by atoms with van der Waals surface area (Å²) in [7, 11) is 3.14. The van der Waals surface area contributed by atoms with Gasteiger partial charge in [-0.05, 0) is 43.7 Å². The Morgan fingerprint density at radius 2 is 1.68 bits per heavy atom. The number of guanidine groups is 1. The Bertz CT molecular complexity index is 853. The molecule has 0 bridgehead atoms. The number of hydrogen-bond donors (Lipinski definition) is 2. The molecule has 2 aromatic carbocycles. The maximum atomic E-state index is 12.6. The number of aliphatic imine (C=N–C) groups is 1. The molecule has 0 aliphatic rings. The molecule has 0 aliphatic heterocycles. The van der Waals surface area contributed by atoms with Crippen molar-refractivity contribution in [2.24, 2.45) is 4.99 Å². The molecule has 0 unspecified atom stereocenters. The molecule has 0 atom stereocenters. The van der Waals surface area contributed by atoms with Crippen LogP contribution in [0.1, 0.15) is 19.4 Å². The smallest absolute Gasteiger partial charge is 0.387 e. The molecule has 172 valence electrons. The number of methoxy groups -OCH3 is 2. The highest BCUT2D eigenvalue weighted by Gasteiger charge is 2.12. The van der Waals surface area contributed by atoms with Gasteiger partial charge in [-0.3, -0.25) is 0 Å². The standard InChI is InChI=1S/C21H27F2N3O4.HI/c1-5-24-21(26-15-8-10-16(27-3)18(12-15)28-4)25-13-14-7-9-17(30-20(22)23)19(11-14)29-6-2;/h7-12,20H,5-6,13H2,1-4H3,(H2,24,25,26);1H. The third kappa shape index (κ3) is 8.27. The second-order valence-electron chi connectivity index (χ2n) is 5.98. The van der Waals surface area contributed by atoms with Gasteiger partial charge in [0.25, 0.3) is 0 Å². The van der Waals surface area contributed by atoms with Gasteiger partial charge in [-0.2, -0.15) is 8.78 Å². The van der Waals surface area contributed by atoms with E-state index in [1.54, 1.807) is 45.4 Å². The zero-order valence-corrected chi connectivity index (χ0v) is 20.2. The molecule has 0 radical (unpaired) electrons. The number of rotatable bonds is 10. The third-order valence-corrected chi connectivity index (χ3v) is 3.93. The third-order valence-electron chi connectivity index (χ3n) is 3.93. The predicted molar refractivity (Wildman–Crippen MR) is 128 cm³/mol. The van der Waals surface area contributed by atoms with E-state index >= 15 is 0 Å². The van der Waals surface area contributed by atoms with Crippen molar-refractivity contribution in [1.82, 2.24) is 5.32 Å². The topological polar surface area (TPSA) is 73.3 Å². The van der Waals surface area contributed by atoms with Gasteiger partial charge < -0.3 is 29.6 Å². The minimum Gasteiger partial charge on any atom is -0.493 e. The Morgan fingerprint density at radius 1 is 0.968 bits per heavy atom. The number of ether oxygens (including phenoxy) is 4. The summed E-state index contributed by atoms with van der Waals surface area (Å²) in [5, 5.41) is 6.36. The minimum atomic E-state index is -2.92. The van der Waals surface area contributed by atoms with E-state index in [9.17, 15) is 8.78 Å². The van der Waals surface area contributed by atoms with Crippen LogP contribution in [-0.2, 0) is 6.54 Å². The maximum Gasteiger partial charge on any atom is 0.387 e. The van der Waals surface area contributed by atoms with Crippen LogP contribution in [0.3, 0.4) is 0 Å². The molecule has 0 amide bonds. The summed E-state index contributed by atoms with van der Waals surface area (Å²) in [6.45, 7) is 2.10. The molecule has 0 heterocycles. The Labute approximate surface area is 198 Å². The van der Waals surface area contributed by atoms with Gasteiger partial charge >= 0.3 is 6.61 Å². The summed E-state index contributed by atoms with van der Waals surface area (Å²) in [5.74, 6) is 2.02. The van der Waals surface area contributed by atoms with Crippen molar-refractivity contribution in [1.29, 1.82) is 0 Å². The SMILES string of the molecule is CCNC(=NCc1ccc(OC(F)F)c(OCC)c1)Nc1ccc(OC)c(OC)c1.I. The lowest BCUT2D eigenvalue weighted by Crippen LogP contribution is -2.30. The number of alkyl halides is 2. The van der Waals surface area contributed by atoms with Gasteiger partial charge in [-0.15, -0.1) is 24.0 Å². The van der Waals surface area contributed by atoms with E-state index in [1.165, 1.54) is 6.07 Å². The zero-order valence-electron chi connectivity index (χ0n) is 17.9. The molecule has 2 rings (SSSR count). The van der Waals surface area contributed by atoms with Crippen LogP contribution >= 0.6 is 24.0 Å². The Balaban J connectivity index is 0.00000480. The lowest BCUT2D eigenvalue weighted by atomic mass is 10.2. The molecular formula is C21H28F2IN3O4. The fraction of sp³-hybridized carbons (Fsp3) is 0.381. The maximum absolute atomic E-state index is 12.6. The largest absolute Gasteiger partial charge is 0.493 e. The van der Waals surface area contributed by atoms with Crippen LogP contribution in [-0.4, -0.2) is 39.9 Å². The first-order chi connectivity index (χ1) is 14.5. The first-order valence-corrected chi connectivity index (χ1v) is 9.48. The first-order valence-electron chi connectivity index (χ1n) is 9.48. The van der Waals surface area contributed by atoms with Gasteiger partial charge in [-0.25, -0.2) is 4.99 Å². The summed E-state index contributed by atoms with van der Waals surface area (Å²) < 4.78 is 45.6. The molecule has 2 aromatic rings. The first kappa shape index (κ1) is 26.5. The van der Waals surface area contributed by atoms with E-state index < -0.39 is 6.61 Å². The number of anilines is 1. The van der Waals surface area contributed by atoms with Crippen LogP contribution in [0.2, 0.25) is 0 Å². The number of hydrogen-bond acceptors (Lipinski definition) is 5. The molecule has 0 spiro atoms. The van der Waals surface area contributed by atoms with Gasteiger partial charge in [-0.1, -0.05) is 6.07 Å². The number of nitrogens with zero attached hydrogens (tertiary/aromatic N) is 1. The number of halogens is 3. The van der Waals surface area contributed by atoms with Crippen LogP contribution in [0.25, 0.3) is 0 Å². The van der Waals surface area contributed by atoms with Crippen molar-refractivity contribution < 1.29 is 27.7 Å². The summed E-state index contributed by atoms with van der Waals surface area (Å²) >= 11 is 0. The lowest BCUT2D eigenvalue weighted by Gasteiger charge is -2.14. The summed E-state index contributed by atoms with van der Waals surface area (Å²) in [6.07, 6.45) is 0. The molecule has 0 saturated carbocycles. The van der Waals surface area contributed by atoms with Crippen molar-refractivity contribution in [3.63, 3.8) is 0 Å². The fourth-order valence-electron chi connectivity index (χ4n) is 2.64. The van der Waals surface area contributed by atoms with Gasteiger partial charge in [0.1, 0.15) is 0 Å². The Kier molecular flexibility index (Phi) is 11.8. The van der Waals surface area contributed by atoms with Gasteiger partial charge in [0.15, 0.2) is 29.0 Å². The van der Waals surface area contributed by atoms with Crippen molar-refractivity contribution in [2.45, 2.75) is 27.0 Å². The van der Waals surface area contributed by atoms with Crippen LogP contribution in [0.5, 0.6) is 23.0 Å². The molecule has 2 N–H and O–H groups in total.